The van der Waals surface area contributed by atoms with Crippen LogP contribution in [0.2, 0.25) is 0 Å². The molecule has 29 heavy (non-hydrogen) atoms. The molecule has 3 rings (SSSR count). The topological polar surface area (TPSA) is 62.7 Å². The molecule has 0 bridgehead atoms. The van der Waals surface area contributed by atoms with Gasteiger partial charge in [0.2, 0.25) is 5.91 Å². The Bertz CT molecular complexity index is 818. The van der Waals surface area contributed by atoms with E-state index in [9.17, 15) is 9.59 Å². The van der Waals surface area contributed by atoms with E-state index < -0.39 is 0 Å². The molecule has 2 heterocycles. The quantitative estimate of drug-likeness (QED) is 0.705. The molecule has 0 atom stereocenters. The molecule has 1 saturated heterocycles. The number of pyridine rings is 1. The molecule has 1 aliphatic rings. The summed E-state index contributed by atoms with van der Waals surface area (Å²) in [6, 6.07) is 9.54. The molecule has 1 fully saturated rings. The molecule has 2 amide bonds. The van der Waals surface area contributed by atoms with Crippen molar-refractivity contribution >= 4 is 11.8 Å². The lowest BCUT2D eigenvalue weighted by molar-refractivity contribution is -0.131. The molecule has 0 radical (unpaired) electrons. The average Bonchev–Trinajstić information content (AvgIpc) is 2.99. The fourth-order valence-corrected chi connectivity index (χ4v) is 3.63. The molecule has 154 valence electrons. The second kappa shape index (κ2) is 10.0. The van der Waals surface area contributed by atoms with Crippen LogP contribution in [0, 0.1) is 13.8 Å². The van der Waals surface area contributed by atoms with Crippen LogP contribution in [0.3, 0.4) is 0 Å². The van der Waals surface area contributed by atoms with Gasteiger partial charge in [-0.15, -0.1) is 0 Å². The zero-order chi connectivity index (χ0) is 20.6. The van der Waals surface area contributed by atoms with Gasteiger partial charge in [-0.05, 0) is 49.9 Å². The molecule has 1 aromatic carbocycles. The molecule has 6 nitrogen and oxygen atoms in total. The first-order valence-electron chi connectivity index (χ1n) is 10.2. The van der Waals surface area contributed by atoms with E-state index in [1.807, 2.05) is 41.8 Å². The van der Waals surface area contributed by atoms with Crippen LogP contribution < -0.4 is 4.74 Å². The second-order valence-corrected chi connectivity index (χ2v) is 7.44. The summed E-state index contributed by atoms with van der Waals surface area (Å²) in [7, 11) is 0. The maximum Gasteiger partial charge on any atom is 0.254 e. The Kier molecular flexibility index (Phi) is 7.22. The number of para-hydroxylation sites is 1. The van der Waals surface area contributed by atoms with Crippen LogP contribution in [-0.4, -0.2) is 59.4 Å². The maximum atomic E-state index is 12.6. The van der Waals surface area contributed by atoms with E-state index in [0.29, 0.717) is 51.2 Å². The van der Waals surface area contributed by atoms with Crippen LogP contribution in [0.25, 0.3) is 0 Å². The standard InChI is InChI=1S/C23H29N3O3/c1-18-6-3-7-19(2)22(18)29-17-4-8-21(27)25-13-5-14-26(16-15-25)23(28)20-9-11-24-12-10-20/h3,6-7,9-12H,4-5,8,13-17H2,1-2H3. The van der Waals surface area contributed by atoms with Gasteiger partial charge in [0.1, 0.15) is 5.75 Å². The van der Waals surface area contributed by atoms with Crippen LogP contribution in [0.4, 0.5) is 0 Å². The Morgan fingerprint density at radius 2 is 1.62 bits per heavy atom. The number of rotatable bonds is 6. The van der Waals surface area contributed by atoms with Gasteiger partial charge in [-0.1, -0.05) is 18.2 Å². The molecule has 6 heteroatoms. The predicted molar refractivity (Wildman–Crippen MR) is 112 cm³/mol. The van der Waals surface area contributed by atoms with Crippen molar-refractivity contribution in [3.63, 3.8) is 0 Å². The minimum Gasteiger partial charge on any atom is -0.493 e. The zero-order valence-corrected chi connectivity index (χ0v) is 17.3. The van der Waals surface area contributed by atoms with Gasteiger partial charge < -0.3 is 14.5 Å². The highest BCUT2D eigenvalue weighted by molar-refractivity contribution is 5.94. The Morgan fingerprint density at radius 3 is 2.34 bits per heavy atom. The average molecular weight is 396 g/mol. The minimum absolute atomic E-state index is 0.00343. The summed E-state index contributed by atoms with van der Waals surface area (Å²) in [5.74, 6) is 1.05. The lowest BCUT2D eigenvalue weighted by Gasteiger charge is -2.22. The first-order chi connectivity index (χ1) is 14.1. The first kappa shape index (κ1) is 20.8. The molecule has 0 aliphatic carbocycles. The normalized spacial score (nSPS) is 14.4. The number of carbonyl (C=O) groups excluding carboxylic acids is 2. The van der Waals surface area contributed by atoms with Crippen molar-refractivity contribution in [1.82, 2.24) is 14.8 Å². The maximum absolute atomic E-state index is 12.6. The number of carbonyl (C=O) groups is 2. The molecule has 0 unspecified atom stereocenters. The Hall–Kier alpha value is -2.89. The highest BCUT2D eigenvalue weighted by Gasteiger charge is 2.22. The van der Waals surface area contributed by atoms with Crippen molar-refractivity contribution < 1.29 is 14.3 Å². The van der Waals surface area contributed by atoms with Crippen LogP contribution in [0.5, 0.6) is 5.75 Å². The van der Waals surface area contributed by atoms with Gasteiger partial charge >= 0.3 is 0 Å². The summed E-state index contributed by atoms with van der Waals surface area (Å²) >= 11 is 0. The Labute approximate surface area is 172 Å². The van der Waals surface area contributed by atoms with Crippen molar-refractivity contribution in [3.05, 3.63) is 59.4 Å². The fourth-order valence-electron chi connectivity index (χ4n) is 3.63. The van der Waals surface area contributed by atoms with E-state index in [1.54, 1.807) is 24.5 Å². The van der Waals surface area contributed by atoms with E-state index in [4.69, 9.17) is 4.74 Å². The van der Waals surface area contributed by atoms with Gasteiger partial charge in [0.05, 0.1) is 6.61 Å². The monoisotopic (exact) mass is 395 g/mol. The third kappa shape index (κ3) is 5.56. The zero-order valence-electron chi connectivity index (χ0n) is 17.3. The predicted octanol–water partition coefficient (Wildman–Crippen LogP) is 3.23. The van der Waals surface area contributed by atoms with Gasteiger partial charge in [-0.2, -0.15) is 0 Å². The molecular formula is C23H29N3O3. The first-order valence-corrected chi connectivity index (χ1v) is 10.2. The third-order valence-corrected chi connectivity index (χ3v) is 5.25. The molecule has 2 aromatic rings. The summed E-state index contributed by atoms with van der Waals surface area (Å²) in [5, 5.41) is 0. The van der Waals surface area contributed by atoms with Crippen LogP contribution in [0.15, 0.2) is 42.7 Å². The number of hydrogen-bond donors (Lipinski definition) is 0. The largest absolute Gasteiger partial charge is 0.493 e. The van der Waals surface area contributed by atoms with E-state index in [-0.39, 0.29) is 11.8 Å². The summed E-state index contributed by atoms with van der Waals surface area (Å²) in [5.41, 5.74) is 2.87. The molecule has 0 saturated carbocycles. The third-order valence-electron chi connectivity index (χ3n) is 5.25. The van der Waals surface area contributed by atoms with Crippen molar-refractivity contribution in [3.8, 4) is 5.75 Å². The van der Waals surface area contributed by atoms with Gasteiger partial charge in [0.15, 0.2) is 0 Å². The van der Waals surface area contributed by atoms with E-state index >= 15 is 0 Å². The van der Waals surface area contributed by atoms with Crippen molar-refractivity contribution in [2.45, 2.75) is 33.1 Å². The minimum atomic E-state index is 0.00343. The van der Waals surface area contributed by atoms with Crippen molar-refractivity contribution in [2.24, 2.45) is 0 Å². The summed E-state index contributed by atoms with van der Waals surface area (Å²) in [6.07, 6.45) is 5.19. The molecule has 0 spiro atoms. The van der Waals surface area contributed by atoms with Gasteiger partial charge in [0, 0.05) is 50.6 Å². The smallest absolute Gasteiger partial charge is 0.254 e. The number of aryl methyl sites for hydroxylation is 2. The summed E-state index contributed by atoms with van der Waals surface area (Å²) in [6.45, 7) is 7.09. The van der Waals surface area contributed by atoms with Crippen LogP contribution >= 0.6 is 0 Å². The number of ether oxygens (including phenoxy) is 1. The highest BCUT2D eigenvalue weighted by atomic mass is 16.5. The fraction of sp³-hybridized carbons (Fsp3) is 0.435. The second-order valence-electron chi connectivity index (χ2n) is 7.44. The molecule has 0 N–H and O–H groups in total. The van der Waals surface area contributed by atoms with Crippen molar-refractivity contribution in [1.29, 1.82) is 0 Å². The number of amides is 2. The molecule has 1 aliphatic heterocycles. The summed E-state index contributed by atoms with van der Waals surface area (Å²) < 4.78 is 5.90. The Morgan fingerprint density at radius 1 is 0.966 bits per heavy atom. The van der Waals surface area contributed by atoms with Gasteiger partial charge in [-0.25, -0.2) is 0 Å². The highest BCUT2D eigenvalue weighted by Crippen LogP contribution is 2.22. The van der Waals surface area contributed by atoms with Gasteiger partial charge in [0.25, 0.3) is 5.91 Å². The lowest BCUT2D eigenvalue weighted by Crippen LogP contribution is -2.37. The SMILES string of the molecule is Cc1cccc(C)c1OCCCC(=O)N1CCCN(C(=O)c2ccncc2)CC1. The molecular weight excluding hydrogens is 366 g/mol. The number of aromatic nitrogens is 1. The molecule has 1 aromatic heterocycles. The Balaban J connectivity index is 1.44. The lowest BCUT2D eigenvalue weighted by atomic mass is 10.1. The van der Waals surface area contributed by atoms with E-state index in [0.717, 1.165) is 23.3 Å². The van der Waals surface area contributed by atoms with E-state index in [2.05, 4.69) is 4.98 Å². The number of hydrogen-bond acceptors (Lipinski definition) is 4. The van der Waals surface area contributed by atoms with Crippen LogP contribution in [-0.2, 0) is 4.79 Å². The van der Waals surface area contributed by atoms with Gasteiger partial charge in [-0.3, -0.25) is 14.6 Å². The summed E-state index contributed by atoms with van der Waals surface area (Å²) in [4.78, 5) is 32.9. The van der Waals surface area contributed by atoms with Crippen LogP contribution in [0.1, 0.15) is 40.7 Å². The number of benzene rings is 1. The van der Waals surface area contributed by atoms with Crippen molar-refractivity contribution in [2.75, 3.05) is 32.8 Å². The number of nitrogens with zero attached hydrogens (tertiary/aromatic N) is 3. The van der Waals surface area contributed by atoms with E-state index in [1.165, 1.54) is 0 Å².